The number of hydrogen-bond acceptors (Lipinski definition) is 3. The quantitative estimate of drug-likeness (QED) is 0.744. The van der Waals surface area contributed by atoms with E-state index in [2.05, 4.69) is 47.9 Å². The van der Waals surface area contributed by atoms with E-state index in [0.717, 1.165) is 31.7 Å². The number of halogens is 2. The van der Waals surface area contributed by atoms with Crippen LogP contribution >= 0.6 is 24.8 Å². The summed E-state index contributed by atoms with van der Waals surface area (Å²) in [5.74, 6) is 0.256. The minimum atomic E-state index is 0. The molecule has 4 nitrogen and oxygen atoms in total. The van der Waals surface area contributed by atoms with Gasteiger partial charge < -0.3 is 9.80 Å². The van der Waals surface area contributed by atoms with Crippen molar-refractivity contribution in [3.63, 3.8) is 0 Å². The van der Waals surface area contributed by atoms with Crippen molar-refractivity contribution in [1.82, 2.24) is 9.80 Å². The van der Waals surface area contributed by atoms with E-state index >= 15 is 0 Å². The molecule has 0 bridgehead atoms. The van der Waals surface area contributed by atoms with Crippen LogP contribution in [0.3, 0.4) is 0 Å². The van der Waals surface area contributed by atoms with Gasteiger partial charge in [0.25, 0.3) is 0 Å². The molecule has 1 heterocycles. The summed E-state index contributed by atoms with van der Waals surface area (Å²) in [5.41, 5.74) is 2.27. The van der Waals surface area contributed by atoms with Gasteiger partial charge in [0.1, 0.15) is 0 Å². The third-order valence-corrected chi connectivity index (χ3v) is 4.93. The molecule has 0 unspecified atom stereocenters. The zero-order valence-electron chi connectivity index (χ0n) is 15.9. The highest BCUT2D eigenvalue weighted by atomic mass is 35.5. The third-order valence-electron chi connectivity index (χ3n) is 4.93. The summed E-state index contributed by atoms with van der Waals surface area (Å²) >= 11 is 0. The van der Waals surface area contributed by atoms with E-state index in [4.69, 9.17) is 0 Å². The number of carbonyl (C=O) groups excluding carboxylic acids is 1. The lowest BCUT2D eigenvalue weighted by molar-refractivity contribution is -0.132. The van der Waals surface area contributed by atoms with E-state index in [1.165, 1.54) is 18.5 Å². The number of carbonyl (C=O) groups is 1. The van der Waals surface area contributed by atoms with Crippen LogP contribution in [-0.2, 0) is 11.2 Å². The molecule has 6 heteroatoms. The van der Waals surface area contributed by atoms with Crippen LogP contribution in [0.4, 0.5) is 5.69 Å². The molecule has 144 valence electrons. The SMILES string of the molecule is CCC(CC)N1CCN(C(=O)Cc2ccc(N(C)C)cc2)CC1.Cl.Cl. The summed E-state index contributed by atoms with van der Waals surface area (Å²) in [6.07, 6.45) is 2.91. The lowest BCUT2D eigenvalue weighted by atomic mass is 10.1. The van der Waals surface area contributed by atoms with Gasteiger partial charge in [0.15, 0.2) is 0 Å². The Morgan fingerprint density at radius 1 is 1.00 bits per heavy atom. The average molecular weight is 390 g/mol. The molecule has 1 aliphatic heterocycles. The van der Waals surface area contributed by atoms with Gasteiger partial charge >= 0.3 is 0 Å². The molecule has 1 aromatic rings. The third kappa shape index (κ3) is 6.69. The van der Waals surface area contributed by atoms with Crippen LogP contribution in [0.25, 0.3) is 0 Å². The minimum Gasteiger partial charge on any atom is -0.378 e. The first kappa shape index (κ1) is 24.0. The Hall–Kier alpha value is -0.970. The molecule has 2 rings (SSSR count). The summed E-state index contributed by atoms with van der Waals surface area (Å²) in [4.78, 5) is 19.1. The van der Waals surface area contributed by atoms with Crippen LogP contribution in [0.2, 0.25) is 0 Å². The first-order valence-electron chi connectivity index (χ1n) is 8.83. The molecule has 0 aromatic heterocycles. The number of amides is 1. The van der Waals surface area contributed by atoms with Crippen molar-refractivity contribution in [3.8, 4) is 0 Å². The second kappa shape index (κ2) is 11.6. The summed E-state index contributed by atoms with van der Waals surface area (Å²) in [6, 6.07) is 8.95. The maximum atomic E-state index is 12.5. The monoisotopic (exact) mass is 389 g/mol. The van der Waals surface area contributed by atoms with Gasteiger partial charge in [-0.3, -0.25) is 9.69 Å². The molecule has 0 radical (unpaired) electrons. The van der Waals surface area contributed by atoms with Crippen LogP contribution in [-0.4, -0.2) is 62.0 Å². The van der Waals surface area contributed by atoms with Crippen LogP contribution < -0.4 is 4.90 Å². The summed E-state index contributed by atoms with van der Waals surface area (Å²) in [7, 11) is 4.05. The molecule has 1 saturated heterocycles. The fourth-order valence-corrected chi connectivity index (χ4v) is 3.34. The second-order valence-corrected chi connectivity index (χ2v) is 6.62. The predicted octanol–water partition coefficient (Wildman–Crippen LogP) is 3.47. The first-order valence-corrected chi connectivity index (χ1v) is 8.83. The fraction of sp³-hybridized carbons (Fsp3) is 0.632. The van der Waals surface area contributed by atoms with Gasteiger partial charge in [0.05, 0.1) is 6.42 Å². The molecule has 0 saturated carbocycles. The van der Waals surface area contributed by atoms with Crippen LogP contribution in [0.1, 0.15) is 32.3 Å². The number of anilines is 1. The highest BCUT2D eigenvalue weighted by molar-refractivity contribution is 5.85. The van der Waals surface area contributed by atoms with Gasteiger partial charge in [-0.05, 0) is 30.5 Å². The van der Waals surface area contributed by atoms with Crippen molar-refractivity contribution < 1.29 is 4.79 Å². The van der Waals surface area contributed by atoms with Gasteiger partial charge in [0.2, 0.25) is 5.91 Å². The van der Waals surface area contributed by atoms with Crippen LogP contribution in [0, 0.1) is 0 Å². The summed E-state index contributed by atoms with van der Waals surface area (Å²) in [5, 5.41) is 0. The number of nitrogens with zero attached hydrogens (tertiary/aromatic N) is 3. The van der Waals surface area contributed by atoms with Crippen LogP contribution in [0.15, 0.2) is 24.3 Å². The van der Waals surface area contributed by atoms with Gasteiger partial charge in [-0.2, -0.15) is 0 Å². The fourth-order valence-electron chi connectivity index (χ4n) is 3.34. The second-order valence-electron chi connectivity index (χ2n) is 6.62. The maximum Gasteiger partial charge on any atom is 0.227 e. The number of rotatable bonds is 6. The van der Waals surface area contributed by atoms with Crippen molar-refractivity contribution in [1.29, 1.82) is 0 Å². The number of benzene rings is 1. The highest BCUT2D eigenvalue weighted by Crippen LogP contribution is 2.15. The largest absolute Gasteiger partial charge is 0.378 e. The first-order chi connectivity index (χ1) is 11.0. The van der Waals surface area contributed by atoms with E-state index in [-0.39, 0.29) is 30.7 Å². The lowest BCUT2D eigenvalue weighted by Crippen LogP contribution is -2.52. The molecule has 1 aliphatic rings. The molecule has 1 amide bonds. The van der Waals surface area contributed by atoms with Crippen molar-refractivity contribution in [2.75, 3.05) is 45.2 Å². The Balaban J connectivity index is 0.00000288. The molecule has 25 heavy (non-hydrogen) atoms. The summed E-state index contributed by atoms with van der Waals surface area (Å²) < 4.78 is 0. The topological polar surface area (TPSA) is 26.8 Å². The maximum absolute atomic E-state index is 12.5. The number of piperazine rings is 1. The average Bonchev–Trinajstić information content (AvgIpc) is 2.57. The molecular formula is C19H33Cl2N3O. The Morgan fingerprint density at radius 2 is 1.52 bits per heavy atom. The molecule has 1 aromatic carbocycles. The molecular weight excluding hydrogens is 357 g/mol. The van der Waals surface area contributed by atoms with E-state index in [1.54, 1.807) is 0 Å². The van der Waals surface area contributed by atoms with Gasteiger partial charge in [0, 0.05) is 52.0 Å². The van der Waals surface area contributed by atoms with Gasteiger partial charge in [-0.1, -0.05) is 26.0 Å². The highest BCUT2D eigenvalue weighted by Gasteiger charge is 2.24. The predicted molar refractivity (Wildman–Crippen MR) is 111 cm³/mol. The van der Waals surface area contributed by atoms with E-state index < -0.39 is 0 Å². The van der Waals surface area contributed by atoms with E-state index in [0.29, 0.717) is 12.5 Å². The zero-order valence-corrected chi connectivity index (χ0v) is 17.5. The Bertz CT molecular complexity index is 496. The molecule has 0 N–H and O–H groups in total. The Labute approximate surface area is 165 Å². The zero-order chi connectivity index (χ0) is 16.8. The molecule has 1 fully saturated rings. The van der Waals surface area contributed by atoms with Gasteiger partial charge in [-0.15, -0.1) is 24.8 Å². The van der Waals surface area contributed by atoms with Crippen molar-refractivity contribution in [2.24, 2.45) is 0 Å². The molecule has 0 atom stereocenters. The Kier molecular flexibility index (Phi) is 11.2. The number of hydrogen-bond donors (Lipinski definition) is 0. The Morgan fingerprint density at radius 3 is 1.96 bits per heavy atom. The van der Waals surface area contributed by atoms with E-state index in [9.17, 15) is 4.79 Å². The summed E-state index contributed by atoms with van der Waals surface area (Å²) in [6.45, 7) is 8.26. The van der Waals surface area contributed by atoms with Gasteiger partial charge in [-0.25, -0.2) is 0 Å². The molecule has 0 aliphatic carbocycles. The minimum absolute atomic E-state index is 0. The lowest BCUT2D eigenvalue weighted by Gasteiger charge is -2.39. The smallest absolute Gasteiger partial charge is 0.227 e. The van der Waals surface area contributed by atoms with Crippen LogP contribution in [0.5, 0.6) is 0 Å². The van der Waals surface area contributed by atoms with Crippen molar-refractivity contribution in [2.45, 2.75) is 39.2 Å². The normalized spacial score (nSPS) is 14.7. The van der Waals surface area contributed by atoms with Crippen molar-refractivity contribution in [3.05, 3.63) is 29.8 Å². The molecule has 0 spiro atoms. The van der Waals surface area contributed by atoms with E-state index in [1.807, 2.05) is 19.0 Å². The van der Waals surface area contributed by atoms with Crippen molar-refractivity contribution >= 4 is 36.4 Å². The standard InChI is InChI=1S/C19H31N3O.2ClH/c1-5-17(6-2)21-11-13-22(14-12-21)19(23)15-16-7-9-18(10-8-16)20(3)4;;/h7-10,17H,5-6,11-15H2,1-4H3;2*1H.